The van der Waals surface area contributed by atoms with E-state index in [-0.39, 0.29) is 17.5 Å². The fraction of sp³-hybridized carbons (Fsp3) is 0.938. The maximum Gasteiger partial charge on any atom is 0.239 e. The van der Waals surface area contributed by atoms with Gasteiger partial charge in [0.25, 0.3) is 0 Å². The number of hydrogen-bond acceptors (Lipinski definition) is 2. The van der Waals surface area contributed by atoms with E-state index in [1.807, 2.05) is 11.9 Å². The van der Waals surface area contributed by atoms with Crippen molar-refractivity contribution < 1.29 is 4.79 Å². The smallest absolute Gasteiger partial charge is 0.239 e. The molecule has 19 heavy (non-hydrogen) atoms. The Hall–Kier alpha value is -0.570. The van der Waals surface area contributed by atoms with Gasteiger partial charge in [0.15, 0.2) is 0 Å². The zero-order chi connectivity index (χ0) is 14.0. The summed E-state index contributed by atoms with van der Waals surface area (Å²) in [6.07, 6.45) is 8.56. The molecule has 2 aliphatic rings. The van der Waals surface area contributed by atoms with Crippen molar-refractivity contribution in [2.24, 2.45) is 5.92 Å². The first-order valence-electron chi connectivity index (χ1n) is 7.99. The average Bonchev–Trinajstić information content (AvgIpc) is 2.45. The molecule has 110 valence electrons. The molecule has 1 aliphatic carbocycles. The van der Waals surface area contributed by atoms with Crippen LogP contribution in [-0.4, -0.2) is 35.5 Å². The molecular formula is C16H30N2O. The van der Waals surface area contributed by atoms with Gasteiger partial charge in [-0.05, 0) is 51.9 Å². The molecule has 1 N–H and O–H groups in total. The number of amides is 1. The number of carbonyl (C=O) groups is 1. The van der Waals surface area contributed by atoms with E-state index in [4.69, 9.17) is 0 Å². The third kappa shape index (κ3) is 3.13. The van der Waals surface area contributed by atoms with Crippen LogP contribution in [0.1, 0.15) is 65.7 Å². The van der Waals surface area contributed by atoms with Gasteiger partial charge in [-0.25, -0.2) is 0 Å². The molecule has 1 saturated heterocycles. The predicted molar refractivity (Wildman–Crippen MR) is 79.0 cm³/mol. The van der Waals surface area contributed by atoms with Crippen LogP contribution in [0.15, 0.2) is 0 Å². The van der Waals surface area contributed by atoms with Crippen molar-refractivity contribution in [3.63, 3.8) is 0 Å². The number of likely N-dealkylation sites (N-methyl/N-ethyl adjacent to an activating group) is 1. The monoisotopic (exact) mass is 266 g/mol. The van der Waals surface area contributed by atoms with Crippen LogP contribution in [0.25, 0.3) is 0 Å². The summed E-state index contributed by atoms with van der Waals surface area (Å²) in [6.45, 7) is 6.45. The summed E-state index contributed by atoms with van der Waals surface area (Å²) in [5, 5.41) is 3.64. The van der Waals surface area contributed by atoms with Crippen LogP contribution in [0.5, 0.6) is 0 Å². The highest BCUT2D eigenvalue weighted by Gasteiger charge is 2.37. The molecule has 0 spiro atoms. The van der Waals surface area contributed by atoms with Gasteiger partial charge >= 0.3 is 0 Å². The second kappa shape index (κ2) is 5.82. The standard InChI is InChI=1S/C16H30N2O/c1-5-16(2,3)18(4)15(19)14-11-10-12-8-6-7-9-13(12)17-14/h12-14,17H,5-11H2,1-4H3. The second-order valence-corrected chi connectivity index (χ2v) is 7.01. The Balaban J connectivity index is 1.97. The Kier molecular flexibility index (Phi) is 4.54. The van der Waals surface area contributed by atoms with Gasteiger partial charge in [0, 0.05) is 18.6 Å². The molecule has 1 amide bonds. The molecule has 3 unspecified atom stereocenters. The second-order valence-electron chi connectivity index (χ2n) is 7.01. The van der Waals surface area contributed by atoms with E-state index in [0.29, 0.717) is 6.04 Å². The Morgan fingerprint density at radius 1 is 1.21 bits per heavy atom. The lowest BCUT2D eigenvalue weighted by atomic mass is 9.77. The highest BCUT2D eigenvalue weighted by molar-refractivity contribution is 5.82. The fourth-order valence-electron chi connectivity index (χ4n) is 3.46. The highest BCUT2D eigenvalue weighted by atomic mass is 16.2. The van der Waals surface area contributed by atoms with Gasteiger partial charge < -0.3 is 10.2 Å². The molecule has 0 bridgehead atoms. The largest absolute Gasteiger partial charge is 0.339 e. The summed E-state index contributed by atoms with van der Waals surface area (Å²) in [5.41, 5.74) is -0.0395. The fourth-order valence-corrected chi connectivity index (χ4v) is 3.46. The van der Waals surface area contributed by atoms with E-state index < -0.39 is 0 Å². The Morgan fingerprint density at radius 3 is 2.58 bits per heavy atom. The van der Waals surface area contributed by atoms with Crippen molar-refractivity contribution in [3.8, 4) is 0 Å². The lowest BCUT2D eigenvalue weighted by Crippen LogP contribution is -2.58. The molecule has 3 nitrogen and oxygen atoms in total. The van der Waals surface area contributed by atoms with Gasteiger partial charge in [-0.1, -0.05) is 19.8 Å². The van der Waals surface area contributed by atoms with Crippen molar-refractivity contribution in [2.45, 2.75) is 83.3 Å². The van der Waals surface area contributed by atoms with Gasteiger partial charge in [0.2, 0.25) is 5.91 Å². The van der Waals surface area contributed by atoms with Crippen molar-refractivity contribution in [1.29, 1.82) is 0 Å². The van der Waals surface area contributed by atoms with E-state index in [1.54, 1.807) is 0 Å². The van der Waals surface area contributed by atoms with Crippen LogP contribution in [0, 0.1) is 5.92 Å². The third-order valence-electron chi connectivity index (χ3n) is 5.55. The van der Waals surface area contributed by atoms with Gasteiger partial charge in [-0.3, -0.25) is 4.79 Å². The van der Waals surface area contributed by atoms with E-state index in [0.717, 1.165) is 18.8 Å². The first-order chi connectivity index (χ1) is 8.95. The van der Waals surface area contributed by atoms with Crippen LogP contribution in [0.3, 0.4) is 0 Å². The van der Waals surface area contributed by atoms with E-state index in [1.165, 1.54) is 32.1 Å². The van der Waals surface area contributed by atoms with Gasteiger partial charge in [-0.2, -0.15) is 0 Å². The van der Waals surface area contributed by atoms with E-state index in [2.05, 4.69) is 26.1 Å². The van der Waals surface area contributed by atoms with Crippen LogP contribution in [0.4, 0.5) is 0 Å². The third-order valence-corrected chi connectivity index (χ3v) is 5.55. The van der Waals surface area contributed by atoms with Crippen LogP contribution < -0.4 is 5.32 Å². The Morgan fingerprint density at radius 2 is 1.89 bits per heavy atom. The molecule has 1 heterocycles. The Labute approximate surface area is 118 Å². The molecular weight excluding hydrogens is 236 g/mol. The summed E-state index contributed by atoms with van der Waals surface area (Å²) in [6, 6.07) is 0.643. The van der Waals surface area contributed by atoms with Gasteiger partial charge in [0.1, 0.15) is 0 Å². The maximum absolute atomic E-state index is 12.6. The molecule has 0 aromatic carbocycles. The zero-order valence-corrected chi connectivity index (χ0v) is 13.0. The summed E-state index contributed by atoms with van der Waals surface area (Å²) in [4.78, 5) is 14.6. The highest BCUT2D eigenvalue weighted by Crippen LogP contribution is 2.33. The van der Waals surface area contributed by atoms with Crippen LogP contribution in [-0.2, 0) is 4.79 Å². The zero-order valence-electron chi connectivity index (χ0n) is 13.0. The number of hydrogen-bond donors (Lipinski definition) is 1. The molecule has 3 atom stereocenters. The van der Waals surface area contributed by atoms with Gasteiger partial charge in [0.05, 0.1) is 6.04 Å². The van der Waals surface area contributed by atoms with Crippen LogP contribution in [0.2, 0.25) is 0 Å². The van der Waals surface area contributed by atoms with E-state index >= 15 is 0 Å². The first kappa shape index (κ1) is 14.8. The number of fused-ring (bicyclic) bond motifs is 1. The van der Waals surface area contributed by atoms with Crippen LogP contribution >= 0.6 is 0 Å². The summed E-state index contributed by atoms with van der Waals surface area (Å²) in [7, 11) is 1.96. The molecule has 3 heteroatoms. The SMILES string of the molecule is CCC(C)(C)N(C)C(=O)C1CCC2CCCCC2N1. The van der Waals surface area contributed by atoms with Crippen molar-refractivity contribution in [3.05, 3.63) is 0 Å². The van der Waals surface area contributed by atoms with Crippen molar-refractivity contribution in [1.82, 2.24) is 10.2 Å². The molecule has 2 rings (SSSR count). The normalized spacial score (nSPS) is 31.7. The van der Waals surface area contributed by atoms with Crippen molar-refractivity contribution in [2.75, 3.05) is 7.05 Å². The number of piperidine rings is 1. The number of rotatable bonds is 3. The topological polar surface area (TPSA) is 32.3 Å². The summed E-state index contributed by atoms with van der Waals surface area (Å²) < 4.78 is 0. The first-order valence-corrected chi connectivity index (χ1v) is 7.99. The minimum Gasteiger partial charge on any atom is -0.339 e. The molecule has 0 radical (unpaired) electrons. The molecule has 2 fully saturated rings. The average molecular weight is 266 g/mol. The van der Waals surface area contributed by atoms with Gasteiger partial charge in [-0.15, -0.1) is 0 Å². The molecule has 0 aromatic rings. The summed E-state index contributed by atoms with van der Waals surface area (Å²) in [5.74, 6) is 1.11. The number of nitrogens with one attached hydrogen (secondary N) is 1. The maximum atomic E-state index is 12.6. The molecule has 1 saturated carbocycles. The predicted octanol–water partition coefficient (Wildman–Crippen LogP) is 2.94. The molecule has 0 aromatic heterocycles. The van der Waals surface area contributed by atoms with E-state index in [9.17, 15) is 4.79 Å². The van der Waals surface area contributed by atoms with Crippen molar-refractivity contribution >= 4 is 5.91 Å². The Bertz CT molecular complexity index is 327. The summed E-state index contributed by atoms with van der Waals surface area (Å²) >= 11 is 0. The molecule has 1 aliphatic heterocycles. The number of nitrogens with zero attached hydrogens (tertiary/aromatic N) is 1. The lowest BCUT2D eigenvalue weighted by Gasteiger charge is -2.43. The number of carbonyl (C=O) groups excluding carboxylic acids is 1. The lowest BCUT2D eigenvalue weighted by molar-refractivity contribution is -0.138. The minimum atomic E-state index is -0.0395. The minimum absolute atomic E-state index is 0.0395. The quantitative estimate of drug-likeness (QED) is 0.852.